The molecule has 0 aromatic heterocycles. The molecule has 0 spiro atoms. The molecule has 1 unspecified atom stereocenters. The van der Waals surface area contributed by atoms with Gasteiger partial charge in [-0.1, -0.05) is 108 Å². The molecule has 2 aromatic carbocycles. The van der Waals surface area contributed by atoms with Crippen LogP contribution < -0.4 is 9.05 Å². The Hall–Kier alpha value is -1.61. The van der Waals surface area contributed by atoms with Gasteiger partial charge in [-0.05, 0) is 37.1 Å². The molecule has 0 saturated carbocycles. The highest BCUT2D eigenvalue weighted by atomic mass is 31.2. The van der Waals surface area contributed by atoms with Crippen molar-refractivity contribution in [3.05, 3.63) is 60.7 Å². The molecule has 184 valence electrons. The molecule has 2 aromatic rings. The van der Waals surface area contributed by atoms with Gasteiger partial charge in [0.05, 0.1) is 12.7 Å². The summed E-state index contributed by atoms with van der Waals surface area (Å²) in [5.74, 6) is 1.49. The molecule has 0 saturated heterocycles. The van der Waals surface area contributed by atoms with E-state index in [-0.39, 0.29) is 6.10 Å². The molecular formula is C28H43O4P. The van der Waals surface area contributed by atoms with Gasteiger partial charge < -0.3 is 13.8 Å². The van der Waals surface area contributed by atoms with Crippen LogP contribution in [-0.4, -0.2) is 19.3 Å². The van der Waals surface area contributed by atoms with E-state index in [0.29, 0.717) is 6.61 Å². The first-order chi connectivity index (χ1) is 16.3. The number of para-hydroxylation sites is 2. The van der Waals surface area contributed by atoms with Gasteiger partial charge >= 0.3 is 8.60 Å². The molecule has 0 radical (unpaired) electrons. The number of rotatable bonds is 20. The Morgan fingerprint density at radius 1 is 0.636 bits per heavy atom. The van der Waals surface area contributed by atoms with E-state index < -0.39 is 8.60 Å². The Balaban J connectivity index is 1.87. The third kappa shape index (κ3) is 13.6. The van der Waals surface area contributed by atoms with Crippen molar-refractivity contribution in [2.75, 3.05) is 13.2 Å². The minimum atomic E-state index is -1.58. The zero-order chi connectivity index (χ0) is 23.4. The third-order valence-corrected chi connectivity index (χ3v) is 6.52. The van der Waals surface area contributed by atoms with Gasteiger partial charge in [-0.3, -0.25) is 4.52 Å². The zero-order valence-electron chi connectivity index (χ0n) is 20.6. The molecular weight excluding hydrogens is 431 g/mol. The van der Waals surface area contributed by atoms with Crippen molar-refractivity contribution in [3.8, 4) is 11.5 Å². The number of unbranched alkanes of at least 4 members (excludes halogenated alkanes) is 8. The van der Waals surface area contributed by atoms with Crippen molar-refractivity contribution in [1.82, 2.24) is 0 Å². The first-order valence-electron chi connectivity index (χ1n) is 12.8. The van der Waals surface area contributed by atoms with Gasteiger partial charge in [-0.2, -0.15) is 0 Å². The molecule has 5 heteroatoms. The van der Waals surface area contributed by atoms with Crippen molar-refractivity contribution in [3.63, 3.8) is 0 Å². The Kier molecular flexibility index (Phi) is 15.7. The molecule has 0 fully saturated rings. The highest BCUT2D eigenvalue weighted by Gasteiger charge is 2.20. The quantitative estimate of drug-likeness (QED) is 0.142. The highest BCUT2D eigenvalue weighted by Crippen LogP contribution is 2.41. The summed E-state index contributed by atoms with van der Waals surface area (Å²) < 4.78 is 24.5. The maximum absolute atomic E-state index is 6.25. The van der Waals surface area contributed by atoms with Gasteiger partial charge in [0.2, 0.25) is 0 Å². The highest BCUT2D eigenvalue weighted by molar-refractivity contribution is 7.42. The molecule has 33 heavy (non-hydrogen) atoms. The minimum absolute atomic E-state index is 0.0706. The van der Waals surface area contributed by atoms with Crippen LogP contribution in [-0.2, 0) is 9.26 Å². The fourth-order valence-corrected chi connectivity index (χ4v) is 4.51. The number of hydrogen-bond acceptors (Lipinski definition) is 4. The number of ether oxygens (including phenoxy) is 1. The number of hydrogen-bond donors (Lipinski definition) is 0. The summed E-state index contributed by atoms with van der Waals surface area (Å²) in [4.78, 5) is 0. The normalized spacial score (nSPS) is 12.1. The van der Waals surface area contributed by atoms with E-state index in [1.165, 1.54) is 51.4 Å². The average Bonchev–Trinajstić information content (AvgIpc) is 2.85. The SMILES string of the molecule is CCCCCCCCOC(CCCCCC)COP(Oc1ccccc1)Oc1ccccc1. The van der Waals surface area contributed by atoms with E-state index in [4.69, 9.17) is 18.3 Å². The standard InChI is InChI=1S/C28H43O4P/c1-3-5-7-9-10-18-24-29-28(23-13-8-6-4-2)25-30-33(31-26-19-14-11-15-20-26)32-27-21-16-12-17-22-27/h11-12,14-17,19-22,28H,3-10,13,18,23-25H2,1-2H3. The van der Waals surface area contributed by atoms with E-state index in [1.54, 1.807) is 0 Å². The van der Waals surface area contributed by atoms with E-state index >= 15 is 0 Å². The van der Waals surface area contributed by atoms with E-state index in [1.807, 2.05) is 60.7 Å². The zero-order valence-corrected chi connectivity index (χ0v) is 21.5. The lowest BCUT2D eigenvalue weighted by atomic mass is 10.1. The summed E-state index contributed by atoms with van der Waals surface area (Å²) in [6.07, 6.45) is 13.6. The average molecular weight is 475 g/mol. The second kappa shape index (κ2) is 18.8. The van der Waals surface area contributed by atoms with Crippen molar-refractivity contribution in [2.24, 2.45) is 0 Å². The first kappa shape index (κ1) is 27.6. The van der Waals surface area contributed by atoms with Crippen molar-refractivity contribution < 1.29 is 18.3 Å². The van der Waals surface area contributed by atoms with Crippen LogP contribution in [0.3, 0.4) is 0 Å². The molecule has 0 aliphatic carbocycles. The first-order valence-corrected chi connectivity index (χ1v) is 13.9. The van der Waals surface area contributed by atoms with Crippen LogP contribution in [0.1, 0.15) is 84.5 Å². The monoisotopic (exact) mass is 474 g/mol. The molecule has 2 rings (SSSR count). The lowest BCUT2D eigenvalue weighted by Gasteiger charge is -2.22. The lowest BCUT2D eigenvalue weighted by Crippen LogP contribution is -2.21. The molecule has 0 amide bonds. The topological polar surface area (TPSA) is 36.9 Å². The van der Waals surface area contributed by atoms with Crippen molar-refractivity contribution in [1.29, 1.82) is 0 Å². The Labute approximate surface area is 203 Å². The van der Waals surface area contributed by atoms with Gasteiger partial charge in [0.15, 0.2) is 0 Å². The van der Waals surface area contributed by atoms with Crippen LogP contribution in [0.2, 0.25) is 0 Å². The van der Waals surface area contributed by atoms with Gasteiger partial charge in [-0.15, -0.1) is 0 Å². The molecule has 4 nitrogen and oxygen atoms in total. The van der Waals surface area contributed by atoms with Crippen LogP contribution in [0.5, 0.6) is 11.5 Å². The van der Waals surface area contributed by atoms with Gasteiger partial charge in [-0.25, -0.2) is 0 Å². The van der Waals surface area contributed by atoms with Crippen LogP contribution in [0.15, 0.2) is 60.7 Å². The van der Waals surface area contributed by atoms with E-state index in [2.05, 4.69) is 13.8 Å². The summed E-state index contributed by atoms with van der Waals surface area (Å²) >= 11 is 0. The van der Waals surface area contributed by atoms with E-state index in [9.17, 15) is 0 Å². The predicted molar refractivity (Wildman–Crippen MR) is 139 cm³/mol. The summed E-state index contributed by atoms with van der Waals surface area (Å²) in [6.45, 7) is 5.77. The van der Waals surface area contributed by atoms with Gasteiger partial charge in [0.1, 0.15) is 11.5 Å². The maximum Gasteiger partial charge on any atom is 0.463 e. The smallest absolute Gasteiger partial charge is 0.418 e. The fraction of sp³-hybridized carbons (Fsp3) is 0.571. The third-order valence-electron chi connectivity index (χ3n) is 5.44. The summed E-state index contributed by atoms with van der Waals surface area (Å²) in [6, 6.07) is 19.4. The second-order valence-electron chi connectivity index (χ2n) is 8.44. The summed E-state index contributed by atoms with van der Waals surface area (Å²) in [7, 11) is -1.58. The molecule has 0 N–H and O–H groups in total. The Morgan fingerprint density at radius 3 is 1.73 bits per heavy atom. The molecule has 0 aliphatic rings. The van der Waals surface area contributed by atoms with Gasteiger partial charge in [0.25, 0.3) is 0 Å². The number of benzene rings is 2. The fourth-order valence-electron chi connectivity index (χ4n) is 3.50. The maximum atomic E-state index is 6.25. The molecule has 1 atom stereocenters. The largest absolute Gasteiger partial charge is 0.463 e. The minimum Gasteiger partial charge on any atom is -0.418 e. The second-order valence-corrected chi connectivity index (χ2v) is 9.51. The van der Waals surface area contributed by atoms with Crippen molar-refractivity contribution >= 4 is 8.60 Å². The van der Waals surface area contributed by atoms with E-state index in [0.717, 1.165) is 37.4 Å². The Morgan fingerprint density at radius 2 is 1.15 bits per heavy atom. The molecule has 0 aliphatic heterocycles. The summed E-state index contributed by atoms with van der Waals surface area (Å²) in [5, 5.41) is 0. The van der Waals surface area contributed by atoms with Crippen LogP contribution in [0.25, 0.3) is 0 Å². The molecule has 0 heterocycles. The van der Waals surface area contributed by atoms with Crippen LogP contribution in [0, 0.1) is 0 Å². The van der Waals surface area contributed by atoms with Crippen LogP contribution in [0.4, 0.5) is 0 Å². The van der Waals surface area contributed by atoms with Gasteiger partial charge in [0, 0.05) is 6.61 Å². The lowest BCUT2D eigenvalue weighted by molar-refractivity contribution is 0.00990. The summed E-state index contributed by atoms with van der Waals surface area (Å²) in [5.41, 5.74) is 0. The van der Waals surface area contributed by atoms with Crippen molar-refractivity contribution in [2.45, 2.75) is 90.6 Å². The Bertz CT molecular complexity index is 641. The van der Waals surface area contributed by atoms with Crippen LogP contribution >= 0.6 is 8.60 Å². The predicted octanol–water partition coefficient (Wildman–Crippen LogP) is 9.10. The molecule has 0 bridgehead atoms.